The maximum absolute atomic E-state index is 3.67. The van der Waals surface area contributed by atoms with Gasteiger partial charge >= 0.3 is 0 Å². The molecule has 0 aliphatic carbocycles. The quantitative estimate of drug-likeness (QED) is 0.481. The molecular weight excluding hydrogens is 120 g/mol. The summed E-state index contributed by atoms with van der Waals surface area (Å²) in [5.41, 5.74) is 2.42. The highest BCUT2D eigenvalue weighted by Crippen LogP contribution is 1.88. The largest absolute Gasteiger partial charge is 0.100 e. The molecule has 0 radical (unpaired) electrons. The van der Waals surface area contributed by atoms with Gasteiger partial charge in [0.25, 0.3) is 0 Å². The zero-order chi connectivity index (χ0) is 7.86. The molecule has 62 valence electrons. The van der Waals surface area contributed by atoms with Gasteiger partial charge in [0.1, 0.15) is 0 Å². The summed E-state index contributed by atoms with van der Waals surface area (Å²) < 4.78 is 0. The smallest absolute Gasteiger partial charge is 0.0354 e. The van der Waals surface area contributed by atoms with E-state index in [2.05, 4.69) is 20.1 Å². The van der Waals surface area contributed by atoms with Gasteiger partial charge < -0.3 is 0 Å². The van der Waals surface area contributed by atoms with Crippen LogP contribution in [0.3, 0.4) is 0 Å². The number of rotatable bonds is 1. The Bertz CT molecular complexity index is 84.2. The SMILES string of the molecule is C.C=C(C)C.C=C(C)CC. The van der Waals surface area contributed by atoms with Crippen LogP contribution in [0.5, 0.6) is 0 Å². The minimum Gasteiger partial charge on any atom is -0.100 e. The normalized spacial score (nSPS) is 6.40. The van der Waals surface area contributed by atoms with Gasteiger partial charge in [0.2, 0.25) is 0 Å². The summed E-state index contributed by atoms with van der Waals surface area (Å²) >= 11 is 0. The minimum atomic E-state index is 0. The predicted molar refractivity (Wildman–Crippen MR) is 52.3 cm³/mol. The summed E-state index contributed by atoms with van der Waals surface area (Å²) in [6.07, 6.45) is 1.11. The Morgan fingerprint density at radius 3 is 1.20 bits per heavy atom. The summed E-state index contributed by atoms with van der Waals surface area (Å²) in [4.78, 5) is 0. The van der Waals surface area contributed by atoms with Gasteiger partial charge in [0, 0.05) is 0 Å². The van der Waals surface area contributed by atoms with Crippen molar-refractivity contribution >= 4 is 0 Å². The molecule has 0 unspecified atom stereocenters. The molecule has 0 aromatic carbocycles. The summed E-state index contributed by atoms with van der Waals surface area (Å²) in [6, 6.07) is 0. The van der Waals surface area contributed by atoms with Crippen molar-refractivity contribution in [3.05, 3.63) is 24.3 Å². The third kappa shape index (κ3) is 143. The van der Waals surface area contributed by atoms with Gasteiger partial charge in [-0.25, -0.2) is 0 Å². The third-order valence-corrected chi connectivity index (χ3v) is 0.604. The Morgan fingerprint density at radius 2 is 1.20 bits per heavy atom. The highest BCUT2D eigenvalue weighted by molar-refractivity contribution is 4.84. The zero-order valence-electron chi connectivity index (χ0n) is 7.12. The standard InChI is InChI=1S/C5H10.C4H8.CH4/c1-4-5(2)3;1-4(2)3;/h2,4H2,1,3H3;1H2,2-3H3;1H4. The molecule has 0 aliphatic rings. The second kappa shape index (κ2) is 11.3. The molecule has 0 fully saturated rings. The van der Waals surface area contributed by atoms with E-state index in [1.807, 2.05) is 20.8 Å². The van der Waals surface area contributed by atoms with Gasteiger partial charge in [-0.3, -0.25) is 0 Å². The Morgan fingerprint density at radius 1 is 1.10 bits per heavy atom. The van der Waals surface area contributed by atoms with Gasteiger partial charge in [-0.1, -0.05) is 25.5 Å². The molecule has 0 amide bonds. The van der Waals surface area contributed by atoms with Crippen LogP contribution in [0.25, 0.3) is 0 Å². The third-order valence-electron chi connectivity index (χ3n) is 0.604. The van der Waals surface area contributed by atoms with Crippen molar-refractivity contribution in [1.82, 2.24) is 0 Å². The van der Waals surface area contributed by atoms with Gasteiger partial charge in [-0.15, -0.1) is 13.2 Å². The van der Waals surface area contributed by atoms with Crippen molar-refractivity contribution in [2.75, 3.05) is 0 Å². The lowest BCUT2D eigenvalue weighted by Crippen LogP contribution is -1.58. The lowest BCUT2D eigenvalue weighted by molar-refractivity contribution is 1.11. The highest BCUT2D eigenvalue weighted by Gasteiger charge is 1.67. The molecular formula is C10H22. The molecule has 0 heterocycles. The zero-order valence-corrected chi connectivity index (χ0v) is 7.12. The molecule has 0 aromatic rings. The molecule has 0 aliphatic heterocycles. The lowest BCUT2D eigenvalue weighted by atomic mass is 10.3. The first-order valence-electron chi connectivity index (χ1n) is 3.27. The molecule has 0 saturated carbocycles. The first kappa shape index (κ1) is 16.2. The van der Waals surface area contributed by atoms with Crippen molar-refractivity contribution in [2.45, 2.75) is 41.5 Å². The molecule has 0 nitrogen and oxygen atoms in total. The van der Waals surface area contributed by atoms with Crippen molar-refractivity contribution < 1.29 is 0 Å². The molecule has 0 atom stereocenters. The van der Waals surface area contributed by atoms with Crippen LogP contribution in [0.1, 0.15) is 41.5 Å². The van der Waals surface area contributed by atoms with Crippen LogP contribution in [0, 0.1) is 0 Å². The van der Waals surface area contributed by atoms with Crippen LogP contribution in [0.2, 0.25) is 0 Å². The highest BCUT2D eigenvalue weighted by atomic mass is 13.7. The Labute approximate surface area is 66.7 Å². The van der Waals surface area contributed by atoms with Crippen molar-refractivity contribution in [3.63, 3.8) is 0 Å². The van der Waals surface area contributed by atoms with Crippen LogP contribution in [0.15, 0.2) is 24.3 Å². The number of hydrogen-bond acceptors (Lipinski definition) is 0. The number of allylic oxidation sites excluding steroid dienone is 2. The van der Waals surface area contributed by atoms with Crippen LogP contribution in [0.4, 0.5) is 0 Å². The Hall–Kier alpha value is -0.520. The van der Waals surface area contributed by atoms with E-state index in [1.165, 1.54) is 11.1 Å². The van der Waals surface area contributed by atoms with Gasteiger partial charge in [0.05, 0.1) is 0 Å². The first-order valence-corrected chi connectivity index (χ1v) is 3.27. The Balaban J connectivity index is -0.0000000910. The molecule has 10 heavy (non-hydrogen) atoms. The second-order valence-electron chi connectivity index (χ2n) is 2.52. The fourth-order valence-corrected chi connectivity index (χ4v) is 0. The van der Waals surface area contributed by atoms with E-state index < -0.39 is 0 Å². The summed E-state index contributed by atoms with van der Waals surface area (Å²) in [5.74, 6) is 0. The summed E-state index contributed by atoms with van der Waals surface area (Å²) in [5, 5.41) is 0. The Kier molecular flexibility index (Phi) is 18.3. The molecule has 0 spiro atoms. The second-order valence-corrected chi connectivity index (χ2v) is 2.52. The van der Waals surface area contributed by atoms with E-state index in [-0.39, 0.29) is 7.43 Å². The predicted octanol–water partition coefficient (Wildman–Crippen LogP) is 4.19. The van der Waals surface area contributed by atoms with Crippen molar-refractivity contribution in [3.8, 4) is 0 Å². The van der Waals surface area contributed by atoms with Crippen LogP contribution < -0.4 is 0 Å². The topological polar surface area (TPSA) is 0 Å². The van der Waals surface area contributed by atoms with Crippen LogP contribution in [-0.2, 0) is 0 Å². The summed E-state index contributed by atoms with van der Waals surface area (Å²) in [6.45, 7) is 15.3. The first-order chi connectivity index (χ1) is 4.00. The van der Waals surface area contributed by atoms with Crippen LogP contribution >= 0.6 is 0 Å². The average molecular weight is 142 g/mol. The van der Waals surface area contributed by atoms with E-state index in [0.29, 0.717) is 0 Å². The number of hydrogen-bond donors (Lipinski definition) is 0. The lowest BCUT2D eigenvalue weighted by Gasteiger charge is -1.79. The molecule has 0 N–H and O–H groups in total. The van der Waals surface area contributed by atoms with Gasteiger partial charge in [0.15, 0.2) is 0 Å². The fraction of sp³-hybridized carbons (Fsp3) is 0.600. The summed E-state index contributed by atoms with van der Waals surface area (Å²) in [7, 11) is 0. The van der Waals surface area contributed by atoms with E-state index in [9.17, 15) is 0 Å². The minimum absolute atomic E-state index is 0. The average Bonchev–Trinajstić information content (AvgIpc) is 1.65. The van der Waals surface area contributed by atoms with Crippen molar-refractivity contribution in [1.29, 1.82) is 0 Å². The molecule has 0 aromatic heterocycles. The van der Waals surface area contributed by atoms with E-state index in [0.717, 1.165) is 6.42 Å². The monoisotopic (exact) mass is 142 g/mol. The van der Waals surface area contributed by atoms with Crippen LogP contribution in [-0.4, -0.2) is 0 Å². The van der Waals surface area contributed by atoms with E-state index in [4.69, 9.17) is 0 Å². The molecule has 0 saturated heterocycles. The molecule has 0 rings (SSSR count). The molecule has 0 heteroatoms. The van der Waals surface area contributed by atoms with Gasteiger partial charge in [-0.05, 0) is 27.2 Å². The van der Waals surface area contributed by atoms with Crippen molar-refractivity contribution in [2.24, 2.45) is 0 Å². The molecule has 0 bridgehead atoms. The fourth-order valence-electron chi connectivity index (χ4n) is 0. The maximum Gasteiger partial charge on any atom is -0.0354 e. The maximum atomic E-state index is 3.67. The van der Waals surface area contributed by atoms with E-state index in [1.54, 1.807) is 0 Å². The van der Waals surface area contributed by atoms with E-state index >= 15 is 0 Å². The van der Waals surface area contributed by atoms with Gasteiger partial charge in [-0.2, -0.15) is 0 Å².